The first kappa shape index (κ1) is 21.8. The molecule has 9 nitrogen and oxygen atoms in total. The molecule has 29 heavy (non-hydrogen) atoms. The molecule has 0 fully saturated rings. The molecule has 0 aromatic heterocycles. The van der Waals surface area contributed by atoms with E-state index >= 15 is 0 Å². The number of ether oxygens (including phenoxy) is 2. The average molecular weight is 404 g/mol. The van der Waals surface area contributed by atoms with Gasteiger partial charge in [0.05, 0.1) is 5.56 Å². The predicted octanol–water partition coefficient (Wildman–Crippen LogP) is 1.26. The van der Waals surface area contributed by atoms with Crippen molar-refractivity contribution in [3.05, 3.63) is 35.9 Å². The van der Waals surface area contributed by atoms with Crippen LogP contribution in [0.3, 0.4) is 0 Å². The summed E-state index contributed by atoms with van der Waals surface area (Å²) in [6.07, 6.45) is 4.05. The summed E-state index contributed by atoms with van der Waals surface area (Å²) in [7, 11) is 1.40. The SMILES string of the molecule is COC1C=CC(C(=O)C=Cc2c(O)cc(OCC(=O)CC(=O)O)cc2O)CC1=O. The highest BCUT2D eigenvalue weighted by molar-refractivity contribution is 6.01. The molecule has 2 unspecified atom stereocenters. The minimum absolute atomic E-state index is 0.00665. The molecule has 0 saturated carbocycles. The van der Waals surface area contributed by atoms with Gasteiger partial charge in [-0.3, -0.25) is 19.2 Å². The molecule has 0 bridgehead atoms. The van der Waals surface area contributed by atoms with Gasteiger partial charge in [-0.05, 0) is 12.2 Å². The molecule has 0 saturated heterocycles. The molecule has 2 rings (SSSR count). The summed E-state index contributed by atoms with van der Waals surface area (Å²) in [5.41, 5.74) is -0.0524. The molecule has 0 spiro atoms. The number of carboxylic acid groups (broad SMARTS) is 1. The smallest absolute Gasteiger partial charge is 0.311 e. The van der Waals surface area contributed by atoms with Gasteiger partial charge in [0.1, 0.15) is 36.4 Å². The summed E-state index contributed by atoms with van der Waals surface area (Å²) in [6, 6.07) is 2.23. The summed E-state index contributed by atoms with van der Waals surface area (Å²) in [5, 5.41) is 28.6. The molecule has 0 aliphatic heterocycles. The number of hydrogen-bond acceptors (Lipinski definition) is 8. The van der Waals surface area contributed by atoms with E-state index in [1.165, 1.54) is 19.3 Å². The highest BCUT2D eigenvalue weighted by Gasteiger charge is 2.26. The lowest BCUT2D eigenvalue weighted by Crippen LogP contribution is -2.29. The number of phenolic OH excluding ortho intramolecular Hbond substituents is 2. The van der Waals surface area contributed by atoms with E-state index in [-0.39, 0.29) is 29.3 Å². The van der Waals surface area contributed by atoms with Crippen LogP contribution in [0.1, 0.15) is 18.4 Å². The number of aliphatic carboxylic acids is 1. The van der Waals surface area contributed by atoms with Gasteiger partial charge in [-0.25, -0.2) is 0 Å². The molecule has 1 aliphatic rings. The quantitative estimate of drug-likeness (QED) is 0.314. The number of rotatable bonds is 9. The monoisotopic (exact) mass is 404 g/mol. The zero-order valence-corrected chi connectivity index (χ0v) is 15.5. The molecule has 0 radical (unpaired) electrons. The first-order valence-corrected chi connectivity index (χ1v) is 8.59. The minimum Gasteiger partial charge on any atom is -0.507 e. The summed E-state index contributed by atoms with van der Waals surface area (Å²) >= 11 is 0. The highest BCUT2D eigenvalue weighted by atomic mass is 16.5. The Hall–Kier alpha value is -3.46. The Morgan fingerprint density at radius 3 is 2.38 bits per heavy atom. The van der Waals surface area contributed by atoms with Crippen LogP contribution in [0.25, 0.3) is 6.08 Å². The van der Waals surface area contributed by atoms with Crippen molar-refractivity contribution in [1.82, 2.24) is 0 Å². The Bertz CT molecular complexity index is 859. The van der Waals surface area contributed by atoms with Crippen LogP contribution in [-0.2, 0) is 23.9 Å². The maximum absolute atomic E-state index is 12.3. The lowest BCUT2D eigenvalue weighted by molar-refractivity contribution is -0.140. The fourth-order valence-corrected chi connectivity index (χ4v) is 2.67. The fraction of sp³-hybridized carbons (Fsp3) is 0.300. The number of phenols is 2. The third-order valence-corrected chi connectivity index (χ3v) is 4.15. The van der Waals surface area contributed by atoms with E-state index in [0.29, 0.717) is 0 Å². The first-order chi connectivity index (χ1) is 13.7. The van der Waals surface area contributed by atoms with E-state index in [1.54, 1.807) is 6.08 Å². The van der Waals surface area contributed by atoms with Crippen LogP contribution in [0.5, 0.6) is 17.2 Å². The maximum atomic E-state index is 12.3. The minimum atomic E-state index is -1.29. The molecule has 1 aromatic rings. The van der Waals surface area contributed by atoms with E-state index in [2.05, 4.69) is 0 Å². The Balaban J connectivity index is 2.05. The van der Waals surface area contributed by atoms with Crippen LogP contribution in [0, 0.1) is 5.92 Å². The van der Waals surface area contributed by atoms with Crippen LogP contribution in [0.2, 0.25) is 0 Å². The Kier molecular flexibility index (Phi) is 7.27. The molecule has 9 heteroatoms. The molecule has 154 valence electrons. The van der Waals surface area contributed by atoms with Crippen molar-refractivity contribution in [2.75, 3.05) is 13.7 Å². The Morgan fingerprint density at radius 1 is 1.17 bits per heavy atom. The average Bonchev–Trinajstić information content (AvgIpc) is 2.65. The normalized spacial score (nSPS) is 18.7. The largest absolute Gasteiger partial charge is 0.507 e. The van der Waals surface area contributed by atoms with Gasteiger partial charge in [0.15, 0.2) is 17.3 Å². The van der Waals surface area contributed by atoms with Crippen LogP contribution in [0.4, 0.5) is 0 Å². The van der Waals surface area contributed by atoms with Crippen molar-refractivity contribution in [2.45, 2.75) is 18.9 Å². The van der Waals surface area contributed by atoms with Crippen molar-refractivity contribution < 1.29 is 44.0 Å². The zero-order valence-electron chi connectivity index (χ0n) is 15.5. The number of allylic oxidation sites excluding steroid dienone is 2. The van der Waals surface area contributed by atoms with E-state index in [4.69, 9.17) is 14.6 Å². The lowest BCUT2D eigenvalue weighted by atomic mass is 9.89. The van der Waals surface area contributed by atoms with Gasteiger partial charge in [-0.2, -0.15) is 0 Å². The second kappa shape index (κ2) is 9.65. The molecule has 0 heterocycles. The van der Waals surface area contributed by atoms with Crippen molar-refractivity contribution >= 4 is 29.4 Å². The summed E-state index contributed by atoms with van der Waals surface area (Å²) in [4.78, 5) is 45.9. The molecular weight excluding hydrogens is 384 g/mol. The number of benzene rings is 1. The van der Waals surface area contributed by atoms with Gasteiger partial charge < -0.3 is 24.8 Å². The number of carbonyl (C=O) groups is 4. The Labute approximate surface area is 165 Å². The van der Waals surface area contributed by atoms with Crippen LogP contribution < -0.4 is 4.74 Å². The van der Waals surface area contributed by atoms with Gasteiger partial charge in [-0.1, -0.05) is 12.2 Å². The van der Waals surface area contributed by atoms with Crippen molar-refractivity contribution in [3.8, 4) is 17.2 Å². The van der Waals surface area contributed by atoms with Crippen LogP contribution >= 0.6 is 0 Å². The van der Waals surface area contributed by atoms with E-state index in [1.807, 2.05) is 0 Å². The van der Waals surface area contributed by atoms with E-state index in [0.717, 1.165) is 18.2 Å². The molecule has 3 N–H and O–H groups in total. The second-order valence-corrected chi connectivity index (χ2v) is 6.33. The highest BCUT2D eigenvalue weighted by Crippen LogP contribution is 2.34. The van der Waals surface area contributed by atoms with Crippen molar-refractivity contribution in [3.63, 3.8) is 0 Å². The molecular formula is C20H20O9. The first-order valence-electron chi connectivity index (χ1n) is 8.59. The van der Waals surface area contributed by atoms with Crippen molar-refractivity contribution in [2.24, 2.45) is 5.92 Å². The zero-order chi connectivity index (χ0) is 21.6. The number of carboxylic acids is 1. The third-order valence-electron chi connectivity index (χ3n) is 4.15. The number of hydrogen-bond donors (Lipinski definition) is 3. The molecule has 1 aliphatic carbocycles. The topological polar surface area (TPSA) is 147 Å². The predicted molar refractivity (Wildman–Crippen MR) is 99.6 cm³/mol. The van der Waals surface area contributed by atoms with Gasteiger partial charge in [0.2, 0.25) is 0 Å². The summed E-state index contributed by atoms with van der Waals surface area (Å²) in [5.74, 6) is -4.10. The maximum Gasteiger partial charge on any atom is 0.311 e. The standard InChI is InChI=1S/C20H20O9/c1-28-19-5-2-11(6-18(19)25)15(22)4-3-14-16(23)8-13(9-17(14)24)29-10-12(21)7-20(26)27/h2-5,8-9,11,19,23-24H,6-7,10H2,1H3,(H,26,27). The lowest BCUT2D eigenvalue weighted by Gasteiger charge is -2.18. The third kappa shape index (κ3) is 6.01. The number of aromatic hydroxyl groups is 2. The number of ketones is 3. The second-order valence-electron chi connectivity index (χ2n) is 6.33. The molecule has 2 atom stereocenters. The molecule has 1 aromatic carbocycles. The Morgan fingerprint density at radius 2 is 1.83 bits per heavy atom. The van der Waals surface area contributed by atoms with Gasteiger partial charge in [0, 0.05) is 31.6 Å². The number of methoxy groups -OCH3 is 1. The summed E-state index contributed by atoms with van der Waals surface area (Å²) in [6.45, 7) is -0.538. The number of Topliss-reactive ketones (excluding diaryl/α,β-unsaturated/α-hetero) is 2. The number of carbonyl (C=O) groups excluding carboxylic acids is 3. The van der Waals surface area contributed by atoms with Crippen LogP contribution in [0.15, 0.2) is 30.4 Å². The van der Waals surface area contributed by atoms with Crippen molar-refractivity contribution in [1.29, 1.82) is 0 Å². The van der Waals surface area contributed by atoms with E-state index < -0.39 is 48.3 Å². The molecule has 0 amide bonds. The summed E-state index contributed by atoms with van der Waals surface area (Å²) < 4.78 is 10.0. The van der Waals surface area contributed by atoms with Gasteiger partial charge in [0.25, 0.3) is 0 Å². The fourth-order valence-electron chi connectivity index (χ4n) is 2.67. The van der Waals surface area contributed by atoms with Gasteiger partial charge >= 0.3 is 5.97 Å². The van der Waals surface area contributed by atoms with Gasteiger partial charge in [-0.15, -0.1) is 0 Å². The van der Waals surface area contributed by atoms with E-state index in [9.17, 15) is 29.4 Å². The van der Waals surface area contributed by atoms with Crippen LogP contribution in [-0.4, -0.2) is 58.5 Å².